The summed E-state index contributed by atoms with van der Waals surface area (Å²) in [6.45, 7) is 4.04. The number of ether oxygens (including phenoxy) is 1. The molecule has 28 heavy (non-hydrogen) atoms. The molecule has 0 unspecified atom stereocenters. The van der Waals surface area contributed by atoms with E-state index in [1.54, 1.807) is 11.8 Å². The minimum atomic E-state index is -3.59. The van der Waals surface area contributed by atoms with Crippen molar-refractivity contribution in [3.63, 3.8) is 0 Å². The Morgan fingerprint density at radius 1 is 1.14 bits per heavy atom. The van der Waals surface area contributed by atoms with Crippen LogP contribution in [0.5, 0.6) is 0 Å². The second-order valence-electron chi connectivity index (χ2n) is 6.44. The molecule has 1 aliphatic rings. The highest BCUT2D eigenvalue weighted by Gasteiger charge is 2.30. The molecular formula is C20H22N2O5S. The average molecular weight is 402 g/mol. The molecule has 148 valence electrons. The number of esters is 1. The third-order valence-electron chi connectivity index (χ3n) is 4.52. The molecule has 0 aliphatic carbocycles. The van der Waals surface area contributed by atoms with Crippen LogP contribution in [0.15, 0.2) is 53.4 Å². The lowest BCUT2D eigenvalue weighted by atomic mass is 10.2. The van der Waals surface area contributed by atoms with Crippen LogP contribution in [0.1, 0.15) is 29.8 Å². The molecule has 1 aliphatic heterocycles. The van der Waals surface area contributed by atoms with Crippen molar-refractivity contribution >= 4 is 27.6 Å². The summed E-state index contributed by atoms with van der Waals surface area (Å²) < 4.78 is 31.6. The van der Waals surface area contributed by atoms with Crippen molar-refractivity contribution < 1.29 is 22.7 Å². The van der Waals surface area contributed by atoms with Gasteiger partial charge in [-0.25, -0.2) is 17.9 Å². The van der Waals surface area contributed by atoms with E-state index in [1.807, 2.05) is 24.3 Å². The van der Waals surface area contributed by atoms with Gasteiger partial charge in [0.05, 0.1) is 10.5 Å². The first-order valence-corrected chi connectivity index (χ1v) is 10.5. The number of carbonyl (C=O) groups excluding carboxylic acids is 2. The number of fused-ring (bicyclic) bond motifs is 1. The molecule has 1 heterocycles. The van der Waals surface area contributed by atoms with Gasteiger partial charge in [0, 0.05) is 18.8 Å². The molecule has 0 saturated heterocycles. The predicted octanol–water partition coefficient (Wildman–Crippen LogP) is 2.12. The molecule has 1 N–H and O–H groups in total. The van der Waals surface area contributed by atoms with Crippen LogP contribution in [0.4, 0.5) is 5.69 Å². The highest BCUT2D eigenvalue weighted by molar-refractivity contribution is 7.89. The Balaban J connectivity index is 1.67. The number of carbonyl (C=O) groups is 2. The summed E-state index contributed by atoms with van der Waals surface area (Å²) in [6, 6.07) is 13.0. The number of amides is 1. The summed E-state index contributed by atoms with van der Waals surface area (Å²) >= 11 is 0. The minimum absolute atomic E-state index is 0.0590. The molecule has 0 fully saturated rings. The third-order valence-corrected chi connectivity index (χ3v) is 6.08. The van der Waals surface area contributed by atoms with Gasteiger partial charge in [-0.1, -0.05) is 25.1 Å². The number of hydrogen-bond acceptors (Lipinski definition) is 5. The van der Waals surface area contributed by atoms with Crippen LogP contribution < -0.4 is 9.62 Å². The molecule has 2 aromatic carbocycles. The van der Waals surface area contributed by atoms with Gasteiger partial charge in [0.25, 0.3) is 5.91 Å². The SMILES string of the molecule is CCNS(=O)(=O)c1ccc(C(=O)O[C@@H](C)C(=O)N2CCc3ccccc32)cc1. The molecule has 1 amide bonds. The molecule has 0 spiro atoms. The Bertz CT molecular complexity index is 986. The second kappa shape index (κ2) is 8.12. The van der Waals surface area contributed by atoms with Crippen LogP contribution in [-0.4, -0.2) is 39.5 Å². The van der Waals surface area contributed by atoms with Crippen molar-refractivity contribution in [3.05, 3.63) is 59.7 Å². The molecule has 0 saturated carbocycles. The largest absolute Gasteiger partial charge is 0.449 e. The van der Waals surface area contributed by atoms with Crippen molar-refractivity contribution in [1.29, 1.82) is 0 Å². The molecule has 0 bridgehead atoms. The molecule has 0 aromatic heterocycles. The van der Waals surface area contributed by atoms with E-state index in [4.69, 9.17) is 4.74 Å². The normalized spacial score (nSPS) is 14.4. The van der Waals surface area contributed by atoms with Gasteiger partial charge >= 0.3 is 5.97 Å². The first kappa shape index (κ1) is 20.0. The van der Waals surface area contributed by atoms with Crippen LogP contribution in [0.3, 0.4) is 0 Å². The van der Waals surface area contributed by atoms with Gasteiger partial charge in [0.1, 0.15) is 0 Å². The maximum atomic E-state index is 12.7. The number of benzene rings is 2. The standard InChI is InChI=1S/C20H22N2O5S/c1-3-21-28(25,26)17-10-8-16(9-11-17)20(24)27-14(2)19(23)22-13-12-15-6-4-5-7-18(15)22/h4-11,14,21H,3,12-13H2,1-2H3/t14-/m0/s1. The van der Waals surface area contributed by atoms with Gasteiger partial charge < -0.3 is 9.64 Å². The fourth-order valence-corrected chi connectivity index (χ4v) is 4.15. The molecule has 8 heteroatoms. The van der Waals surface area contributed by atoms with E-state index in [2.05, 4.69) is 4.72 Å². The predicted molar refractivity (Wildman–Crippen MR) is 105 cm³/mol. The lowest BCUT2D eigenvalue weighted by Gasteiger charge is -2.21. The summed E-state index contributed by atoms with van der Waals surface area (Å²) in [5.41, 5.74) is 2.11. The van der Waals surface area contributed by atoms with Crippen LogP contribution in [0.25, 0.3) is 0 Å². The Labute approximate surface area is 164 Å². The van der Waals surface area contributed by atoms with Crippen molar-refractivity contribution in [2.24, 2.45) is 0 Å². The highest BCUT2D eigenvalue weighted by atomic mass is 32.2. The number of nitrogens with zero attached hydrogens (tertiary/aromatic N) is 1. The van der Waals surface area contributed by atoms with Gasteiger partial charge in [-0.2, -0.15) is 0 Å². The zero-order chi connectivity index (χ0) is 20.3. The second-order valence-corrected chi connectivity index (χ2v) is 8.21. The number of para-hydroxylation sites is 1. The maximum Gasteiger partial charge on any atom is 0.338 e. The van der Waals surface area contributed by atoms with E-state index in [-0.39, 0.29) is 22.9 Å². The Morgan fingerprint density at radius 3 is 2.50 bits per heavy atom. The summed E-state index contributed by atoms with van der Waals surface area (Å²) in [5, 5.41) is 0. The number of sulfonamides is 1. The van der Waals surface area contributed by atoms with Gasteiger partial charge in [-0.3, -0.25) is 4.79 Å². The van der Waals surface area contributed by atoms with E-state index in [1.165, 1.54) is 31.2 Å². The fraction of sp³-hybridized carbons (Fsp3) is 0.300. The lowest BCUT2D eigenvalue weighted by molar-refractivity contribution is -0.126. The molecule has 0 radical (unpaired) electrons. The number of anilines is 1. The molecule has 2 aromatic rings. The molecule has 3 rings (SSSR count). The molecule has 7 nitrogen and oxygen atoms in total. The first-order chi connectivity index (χ1) is 13.3. The van der Waals surface area contributed by atoms with Gasteiger partial charge in [0.15, 0.2) is 6.10 Å². The van der Waals surface area contributed by atoms with Crippen molar-refractivity contribution in [3.8, 4) is 0 Å². The lowest BCUT2D eigenvalue weighted by Crippen LogP contribution is -2.39. The zero-order valence-corrected chi connectivity index (χ0v) is 16.5. The Hall–Kier alpha value is -2.71. The van der Waals surface area contributed by atoms with E-state index >= 15 is 0 Å². The van der Waals surface area contributed by atoms with Crippen LogP contribution in [0, 0.1) is 0 Å². The summed E-state index contributed by atoms with van der Waals surface area (Å²) in [6.07, 6.45) is -0.187. The summed E-state index contributed by atoms with van der Waals surface area (Å²) in [5.74, 6) is -0.967. The quantitative estimate of drug-likeness (QED) is 0.747. The average Bonchev–Trinajstić information content (AvgIpc) is 3.11. The summed E-state index contributed by atoms with van der Waals surface area (Å²) in [7, 11) is -3.59. The van der Waals surface area contributed by atoms with Gasteiger partial charge in [0.2, 0.25) is 10.0 Å². The van der Waals surface area contributed by atoms with Crippen molar-refractivity contribution in [2.75, 3.05) is 18.0 Å². The van der Waals surface area contributed by atoms with Crippen LogP contribution in [0.2, 0.25) is 0 Å². The van der Waals surface area contributed by atoms with Crippen molar-refractivity contribution in [2.45, 2.75) is 31.3 Å². The van der Waals surface area contributed by atoms with E-state index in [0.717, 1.165) is 17.7 Å². The maximum absolute atomic E-state index is 12.7. The Kier molecular flexibility index (Phi) is 5.81. The Morgan fingerprint density at radius 2 is 1.82 bits per heavy atom. The summed E-state index contributed by atoms with van der Waals surface area (Å²) in [4.78, 5) is 26.7. The number of hydrogen-bond donors (Lipinski definition) is 1. The molecule has 1 atom stereocenters. The van der Waals surface area contributed by atoms with Crippen LogP contribution >= 0.6 is 0 Å². The van der Waals surface area contributed by atoms with Crippen molar-refractivity contribution in [1.82, 2.24) is 4.72 Å². The van der Waals surface area contributed by atoms with E-state index < -0.39 is 22.1 Å². The fourth-order valence-electron chi connectivity index (χ4n) is 3.11. The van der Waals surface area contributed by atoms with Gasteiger partial charge in [-0.15, -0.1) is 0 Å². The smallest absolute Gasteiger partial charge is 0.338 e. The topological polar surface area (TPSA) is 92.8 Å². The highest BCUT2D eigenvalue weighted by Crippen LogP contribution is 2.28. The molecular weight excluding hydrogens is 380 g/mol. The van der Waals surface area contributed by atoms with Crippen LogP contribution in [-0.2, 0) is 26.0 Å². The third kappa shape index (κ3) is 4.07. The van der Waals surface area contributed by atoms with Gasteiger partial charge in [-0.05, 0) is 49.2 Å². The first-order valence-electron chi connectivity index (χ1n) is 9.03. The minimum Gasteiger partial charge on any atom is -0.449 e. The zero-order valence-electron chi connectivity index (χ0n) is 15.7. The van der Waals surface area contributed by atoms with E-state index in [0.29, 0.717) is 6.54 Å². The van der Waals surface area contributed by atoms with E-state index in [9.17, 15) is 18.0 Å². The number of nitrogens with one attached hydrogen (secondary N) is 1. The number of rotatable bonds is 6. The monoisotopic (exact) mass is 402 g/mol.